The number of nitrogens with zero attached hydrogens (tertiary/aromatic N) is 1. The van der Waals surface area contributed by atoms with E-state index in [1.54, 1.807) is 11.8 Å². The summed E-state index contributed by atoms with van der Waals surface area (Å²) in [6.07, 6.45) is 0.402. The van der Waals surface area contributed by atoms with Crippen molar-refractivity contribution in [3.05, 3.63) is 35.4 Å². The molecule has 1 fully saturated rings. The summed E-state index contributed by atoms with van der Waals surface area (Å²) in [5.74, 6) is -1.05. The third-order valence-electron chi connectivity index (χ3n) is 4.62. The molecule has 2 heterocycles. The Kier molecular flexibility index (Phi) is 2.46. The second-order valence-corrected chi connectivity index (χ2v) is 5.64. The highest BCUT2D eigenvalue weighted by molar-refractivity contribution is 5.91. The molecule has 1 aromatic rings. The van der Waals surface area contributed by atoms with E-state index in [9.17, 15) is 14.7 Å². The van der Waals surface area contributed by atoms with E-state index in [2.05, 4.69) is 0 Å². The van der Waals surface area contributed by atoms with E-state index in [-0.39, 0.29) is 17.9 Å². The molecule has 3 atom stereocenters. The molecule has 1 N–H and O–H groups in total. The largest absolute Gasteiger partial charge is 0.481 e. The van der Waals surface area contributed by atoms with Crippen molar-refractivity contribution in [3.8, 4) is 0 Å². The topological polar surface area (TPSA) is 57.6 Å². The molecule has 2 bridgehead atoms. The Hall–Kier alpha value is -1.84. The standard InChI is InChI=1S/C15H17NO3/c1-3-16-12-10-7-5-4-6-9(10)11(13(16)17)8-15(12,2)14(18)19/h4-7,11-12H,3,8H2,1-2H3,(H,18,19). The van der Waals surface area contributed by atoms with Crippen LogP contribution in [0.5, 0.6) is 0 Å². The van der Waals surface area contributed by atoms with Crippen LogP contribution in [0.4, 0.5) is 0 Å². The molecule has 4 nitrogen and oxygen atoms in total. The van der Waals surface area contributed by atoms with E-state index in [0.29, 0.717) is 13.0 Å². The average Bonchev–Trinajstić information content (AvgIpc) is 2.40. The number of carboxylic acid groups (broad SMARTS) is 1. The lowest BCUT2D eigenvalue weighted by Crippen LogP contribution is -2.57. The first-order valence-electron chi connectivity index (χ1n) is 6.63. The van der Waals surface area contributed by atoms with Gasteiger partial charge >= 0.3 is 5.97 Å². The van der Waals surface area contributed by atoms with Crippen molar-refractivity contribution in [1.82, 2.24) is 4.90 Å². The van der Waals surface area contributed by atoms with Crippen molar-refractivity contribution in [2.75, 3.05) is 6.54 Å². The van der Waals surface area contributed by atoms with E-state index in [1.165, 1.54) is 0 Å². The zero-order valence-corrected chi connectivity index (χ0v) is 11.1. The van der Waals surface area contributed by atoms with Gasteiger partial charge in [-0.25, -0.2) is 0 Å². The number of aliphatic carboxylic acids is 1. The van der Waals surface area contributed by atoms with Gasteiger partial charge in [-0.15, -0.1) is 0 Å². The lowest BCUT2D eigenvalue weighted by molar-refractivity contribution is -0.165. The van der Waals surface area contributed by atoms with Gasteiger partial charge in [0.05, 0.1) is 17.4 Å². The molecule has 1 aliphatic carbocycles. The Morgan fingerprint density at radius 3 is 2.63 bits per heavy atom. The SMILES string of the molecule is CCN1C(=O)C2CC(C)(C(=O)O)C1c1ccccc12. The van der Waals surface area contributed by atoms with Crippen LogP contribution in [0.2, 0.25) is 0 Å². The first-order valence-corrected chi connectivity index (χ1v) is 6.63. The van der Waals surface area contributed by atoms with Crippen LogP contribution < -0.4 is 0 Å². The summed E-state index contributed by atoms with van der Waals surface area (Å²) in [5, 5.41) is 9.61. The van der Waals surface area contributed by atoms with E-state index in [0.717, 1.165) is 11.1 Å². The molecule has 0 radical (unpaired) electrons. The maximum Gasteiger partial charge on any atom is 0.311 e. The highest BCUT2D eigenvalue weighted by atomic mass is 16.4. The van der Waals surface area contributed by atoms with Crippen LogP contribution in [0.3, 0.4) is 0 Å². The Morgan fingerprint density at radius 1 is 1.42 bits per heavy atom. The lowest BCUT2D eigenvalue weighted by Gasteiger charge is -2.53. The fourth-order valence-corrected chi connectivity index (χ4v) is 3.67. The van der Waals surface area contributed by atoms with E-state index < -0.39 is 11.4 Å². The van der Waals surface area contributed by atoms with Crippen molar-refractivity contribution in [2.45, 2.75) is 32.2 Å². The average molecular weight is 259 g/mol. The molecule has 4 heteroatoms. The van der Waals surface area contributed by atoms with Crippen LogP contribution in [0, 0.1) is 5.41 Å². The van der Waals surface area contributed by atoms with Crippen molar-refractivity contribution in [3.63, 3.8) is 0 Å². The second kappa shape index (κ2) is 3.83. The first-order chi connectivity index (χ1) is 9.00. The zero-order chi connectivity index (χ0) is 13.8. The van der Waals surface area contributed by atoms with Gasteiger partial charge in [-0.1, -0.05) is 24.3 Å². The minimum atomic E-state index is -0.886. The Bertz CT molecular complexity index is 568. The van der Waals surface area contributed by atoms with Gasteiger partial charge in [0.25, 0.3) is 0 Å². The van der Waals surface area contributed by atoms with Gasteiger partial charge < -0.3 is 10.0 Å². The van der Waals surface area contributed by atoms with E-state index in [1.807, 2.05) is 31.2 Å². The Morgan fingerprint density at radius 2 is 2.05 bits per heavy atom. The number of carboxylic acids is 1. The lowest BCUT2D eigenvalue weighted by atomic mass is 9.60. The van der Waals surface area contributed by atoms with Gasteiger partial charge in [-0.05, 0) is 31.4 Å². The number of hydrogen-bond donors (Lipinski definition) is 1. The highest BCUT2D eigenvalue weighted by Crippen LogP contribution is 2.56. The normalized spacial score (nSPS) is 32.3. The van der Waals surface area contributed by atoms with Gasteiger partial charge in [0.2, 0.25) is 5.91 Å². The summed E-state index contributed by atoms with van der Waals surface area (Å²) in [7, 11) is 0. The molecule has 100 valence electrons. The van der Waals surface area contributed by atoms with Crippen LogP contribution in [-0.4, -0.2) is 28.4 Å². The number of amides is 1. The second-order valence-electron chi connectivity index (χ2n) is 5.64. The molecule has 1 amide bonds. The minimum absolute atomic E-state index is 0.0740. The molecule has 0 spiro atoms. The van der Waals surface area contributed by atoms with Gasteiger partial charge in [-0.3, -0.25) is 9.59 Å². The number of benzene rings is 1. The number of piperidine rings is 1. The molecule has 0 aromatic heterocycles. The molecule has 19 heavy (non-hydrogen) atoms. The van der Waals surface area contributed by atoms with Crippen molar-refractivity contribution in [1.29, 1.82) is 0 Å². The fraction of sp³-hybridized carbons (Fsp3) is 0.467. The number of fused-ring (bicyclic) bond motifs is 2. The first kappa shape index (κ1) is 12.2. The molecule has 4 rings (SSSR count). The predicted molar refractivity (Wildman–Crippen MR) is 69.7 cm³/mol. The van der Waals surface area contributed by atoms with Crippen LogP contribution >= 0.6 is 0 Å². The van der Waals surface area contributed by atoms with Gasteiger partial charge in [0, 0.05) is 6.54 Å². The van der Waals surface area contributed by atoms with Crippen LogP contribution in [0.15, 0.2) is 24.3 Å². The Balaban J connectivity index is 2.24. The highest BCUT2D eigenvalue weighted by Gasteiger charge is 2.58. The summed E-state index contributed by atoms with van der Waals surface area (Å²) >= 11 is 0. The smallest absolute Gasteiger partial charge is 0.311 e. The molecule has 1 aromatic carbocycles. The summed E-state index contributed by atoms with van der Waals surface area (Å²) in [6, 6.07) is 7.41. The summed E-state index contributed by atoms with van der Waals surface area (Å²) in [4.78, 5) is 25.9. The fourth-order valence-electron chi connectivity index (χ4n) is 3.67. The molecule has 3 unspecified atom stereocenters. The summed E-state index contributed by atoms with van der Waals surface area (Å²) in [5.41, 5.74) is 1.13. The molecule has 2 aliphatic heterocycles. The van der Waals surface area contributed by atoms with Crippen LogP contribution in [0.1, 0.15) is 43.4 Å². The number of likely N-dealkylation sites (N-methyl/N-ethyl adjacent to an activating group) is 1. The maximum atomic E-state index is 12.4. The van der Waals surface area contributed by atoms with Crippen LogP contribution in [-0.2, 0) is 9.59 Å². The number of carbonyl (C=O) groups is 2. The predicted octanol–water partition coefficient (Wildman–Crippen LogP) is 2.17. The van der Waals surface area contributed by atoms with Gasteiger partial charge in [0.15, 0.2) is 0 Å². The quantitative estimate of drug-likeness (QED) is 0.885. The maximum absolute atomic E-state index is 12.4. The van der Waals surface area contributed by atoms with E-state index >= 15 is 0 Å². The third kappa shape index (κ3) is 1.40. The van der Waals surface area contributed by atoms with Crippen molar-refractivity contribution < 1.29 is 14.7 Å². The molecule has 1 saturated heterocycles. The van der Waals surface area contributed by atoms with Crippen molar-refractivity contribution >= 4 is 11.9 Å². The molecular weight excluding hydrogens is 242 g/mol. The number of carbonyl (C=O) groups excluding carboxylic acids is 1. The minimum Gasteiger partial charge on any atom is -0.481 e. The number of rotatable bonds is 2. The third-order valence-corrected chi connectivity index (χ3v) is 4.62. The summed E-state index contributed by atoms with van der Waals surface area (Å²) < 4.78 is 0. The van der Waals surface area contributed by atoms with Crippen LogP contribution in [0.25, 0.3) is 0 Å². The molecular formula is C15H17NO3. The summed E-state index contributed by atoms with van der Waals surface area (Å²) in [6.45, 7) is 4.22. The van der Waals surface area contributed by atoms with Crippen molar-refractivity contribution in [2.24, 2.45) is 5.41 Å². The molecule has 0 saturated carbocycles. The monoisotopic (exact) mass is 259 g/mol. The Labute approximate surface area is 112 Å². The zero-order valence-electron chi connectivity index (χ0n) is 11.1. The number of hydrogen-bond acceptors (Lipinski definition) is 2. The molecule has 3 aliphatic rings. The van der Waals surface area contributed by atoms with E-state index in [4.69, 9.17) is 0 Å². The van der Waals surface area contributed by atoms with Gasteiger partial charge in [0.1, 0.15) is 0 Å². The van der Waals surface area contributed by atoms with Gasteiger partial charge in [-0.2, -0.15) is 0 Å².